The Balaban J connectivity index is 1.71. The summed E-state index contributed by atoms with van der Waals surface area (Å²) in [7, 11) is 5.36. The zero-order valence-corrected chi connectivity index (χ0v) is 21.5. The van der Waals surface area contributed by atoms with Crippen LogP contribution in [0.25, 0.3) is 11.1 Å². The lowest BCUT2D eigenvalue weighted by Crippen LogP contribution is -2.51. The molecule has 2 unspecified atom stereocenters. The molecular weight excluding hydrogens is 486 g/mol. The summed E-state index contributed by atoms with van der Waals surface area (Å²) in [6.45, 7) is 1.51. The van der Waals surface area contributed by atoms with Gasteiger partial charge in [0.05, 0.1) is 12.8 Å². The molecule has 2 atom stereocenters. The van der Waals surface area contributed by atoms with Crippen LogP contribution < -0.4 is 9.04 Å². The second-order valence-electron chi connectivity index (χ2n) is 8.86. The summed E-state index contributed by atoms with van der Waals surface area (Å²) >= 11 is -2.56. The Labute approximate surface area is 213 Å². The van der Waals surface area contributed by atoms with Crippen LogP contribution in [0.5, 0.6) is 5.75 Å². The number of aliphatic carboxylic acids is 1. The van der Waals surface area contributed by atoms with Crippen LogP contribution in [0.2, 0.25) is 0 Å². The number of hydrogen-bond donors (Lipinski definition) is 2. The SMILES string of the molecule is COc1ccc(-c2ccc(N(C(C(=O)O)C3CCN(C(=O)OCCN(C)C)CC3)S(=O)O)cc2)cc1. The number of carbonyl (C=O) groups is 2. The Morgan fingerprint density at radius 2 is 1.61 bits per heavy atom. The Bertz CT molecular complexity index is 1040. The molecule has 36 heavy (non-hydrogen) atoms. The van der Waals surface area contributed by atoms with Gasteiger partial charge < -0.3 is 24.4 Å². The van der Waals surface area contributed by atoms with E-state index in [1.165, 1.54) is 0 Å². The molecule has 2 aromatic carbocycles. The van der Waals surface area contributed by atoms with Crippen LogP contribution in [0, 0.1) is 5.92 Å². The molecule has 3 rings (SSSR count). The number of rotatable bonds is 10. The number of amides is 1. The number of likely N-dealkylation sites (tertiary alicyclic amines) is 1. The van der Waals surface area contributed by atoms with Gasteiger partial charge in [0.15, 0.2) is 0 Å². The number of hydrogen-bond acceptors (Lipinski definition) is 6. The van der Waals surface area contributed by atoms with E-state index in [0.717, 1.165) is 21.2 Å². The predicted molar refractivity (Wildman–Crippen MR) is 137 cm³/mol. The zero-order chi connectivity index (χ0) is 26.2. The lowest BCUT2D eigenvalue weighted by atomic mass is 9.89. The monoisotopic (exact) mass is 519 g/mol. The van der Waals surface area contributed by atoms with E-state index in [9.17, 15) is 23.5 Å². The molecule has 2 aromatic rings. The molecule has 1 aliphatic rings. The van der Waals surface area contributed by atoms with Crippen LogP contribution in [0.3, 0.4) is 0 Å². The third-order valence-electron chi connectivity index (χ3n) is 6.23. The Kier molecular flexibility index (Phi) is 9.68. The number of ether oxygens (including phenoxy) is 2. The fourth-order valence-electron chi connectivity index (χ4n) is 4.23. The van der Waals surface area contributed by atoms with Crippen molar-refractivity contribution in [2.24, 2.45) is 5.92 Å². The van der Waals surface area contributed by atoms with Gasteiger partial charge in [0.25, 0.3) is 11.3 Å². The van der Waals surface area contributed by atoms with Crippen LogP contribution in [-0.2, 0) is 20.8 Å². The van der Waals surface area contributed by atoms with E-state index in [0.29, 0.717) is 38.2 Å². The van der Waals surface area contributed by atoms with Crippen molar-refractivity contribution < 1.29 is 32.9 Å². The number of nitrogens with zero attached hydrogens (tertiary/aromatic N) is 3. The Morgan fingerprint density at radius 1 is 1.06 bits per heavy atom. The maximum atomic E-state index is 12.3. The molecule has 1 aliphatic heterocycles. The Morgan fingerprint density at radius 3 is 2.08 bits per heavy atom. The minimum atomic E-state index is -2.56. The summed E-state index contributed by atoms with van der Waals surface area (Å²) in [6.07, 6.45) is 0.313. The molecule has 10 nitrogen and oxygen atoms in total. The summed E-state index contributed by atoms with van der Waals surface area (Å²) < 4.78 is 33.9. The summed E-state index contributed by atoms with van der Waals surface area (Å²) in [4.78, 5) is 28.0. The second kappa shape index (κ2) is 12.7. The largest absolute Gasteiger partial charge is 0.497 e. The van der Waals surface area contributed by atoms with Crippen LogP contribution in [-0.4, -0.2) is 89.2 Å². The minimum absolute atomic E-state index is 0.271. The maximum absolute atomic E-state index is 12.3. The topological polar surface area (TPSA) is 120 Å². The molecule has 196 valence electrons. The highest BCUT2D eigenvalue weighted by Gasteiger charge is 2.39. The maximum Gasteiger partial charge on any atom is 0.409 e. The predicted octanol–water partition coefficient (Wildman–Crippen LogP) is 3.17. The molecule has 0 bridgehead atoms. The number of benzene rings is 2. The summed E-state index contributed by atoms with van der Waals surface area (Å²) in [6, 6.07) is 13.1. The quantitative estimate of drug-likeness (QED) is 0.460. The zero-order valence-electron chi connectivity index (χ0n) is 20.7. The molecule has 0 aromatic heterocycles. The van der Waals surface area contributed by atoms with Gasteiger partial charge in [-0.05, 0) is 68.2 Å². The van der Waals surface area contributed by atoms with Crippen molar-refractivity contribution in [1.29, 1.82) is 0 Å². The number of carboxylic acids is 1. The van der Waals surface area contributed by atoms with E-state index in [1.54, 1.807) is 36.3 Å². The van der Waals surface area contributed by atoms with Gasteiger partial charge in [-0.25, -0.2) is 13.8 Å². The molecule has 0 aliphatic carbocycles. The minimum Gasteiger partial charge on any atom is -0.497 e. The molecule has 1 fully saturated rings. The average molecular weight is 520 g/mol. The molecule has 1 saturated heterocycles. The van der Waals surface area contributed by atoms with Gasteiger partial charge in [-0.3, -0.25) is 8.86 Å². The number of likely N-dealkylation sites (N-methyl/N-ethyl adjacent to an activating group) is 1. The van der Waals surface area contributed by atoms with Gasteiger partial charge in [-0.1, -0.05) is 24.3 Å². The molecule has 1 amide bonds. The van der Waals surface area contributed by atoms with Gasteiger partial charge in [0, 0.05) is 19.6 Å². The van der Waals surface area contributed by atoms with Gasteiger partial charge in [0.1, 0.15) is 18.4 Å². The third kappa shape index (κ3) is 6.96. The van der Waals surface area contributed by atoms with E-state index in [4.69, 9.17) is 9.47 Å². The number of methoxy groups -OCH3 is 1. The molecule has 1 heterocycles. The van der Waals surface area contributed by atoms with Crippen LogP contribution >= 0.6 is 0 Å². The number of anilines is 1. The second-order valence-corrected chi connectivity index (χ2v) is 9.71. The highest BCUT2D eigenvalue weighted by molar-refractivity contribution is 7.80. The van der Waals surface area contributed by atoms with Gasteiger partial charge in [-0.2, -0.15) is 0 Å². The summed E-state index contributed by atoms with van der Waals surface area (Å²) in [5, 5.41) is 10.0. The molecule has 0 spiro atoms. The highest BCUT2D eigenvalue weighted by Crippen LogP contribution is 2.31. The van der Waals surface area contributed by atoms with Crippen molar-refractivity contribution in [3.05, 3.63) is 48.5 Å². The number of carboxylic acid groups (broad SMARTS) is 1. The van der Waals surface area contributed by atoms with Crippen molar-refractivity contribution in [2.45, 2.75) is 18.9 Å². The summed E-state index contributed by atoms with van der Waals surface area (Å²) in [5.41, 5.74) is 2.13. The van der Waals surface area contributed by atoms with E-state index in [2.05, 4.69) is 0 Å². The smallest absolute Gasteiger partial charge is 0.409 e. The Hall–Kier alpha value is -3.15. The average Bonchev–Trinajstić information content (AvgIpc) is 2.87. The fraction of sp³-hybridized carbons (Fsp3) is 0.440. The van der Waals surface area contributed by atoms with Gasteiger partial charge in [0.2, 0.25) is 0 Å². The van der Waals surface area contributed by atoms with Crippen LogP contribution in [0.4, 0.5) is 10.5 Å². The standard InChI is InChI=1S/C25H33N3O7S/c1-26(2)16-17-35-25(31)27-14-12-20(13-15-27)23(24(29)30)28(36(32)33)21-8-4-18(5-9-21)19-6-10-22(34-3)11-7-19/h4-11,20,23H,12-17H2,1-3H3,(H,29,30)(H,32,33). The highest BCUT2D eigenvalue weighted by atomic mass is 32.2. The first kappa shape index (κ1) is 27.4. The first-order valence-electron chi connectivity index (χ1n) is 11.6. The lowest BCUT2D eigenvalue weighted by molar-refractivity contribution is -0.140. The third-order valence-corrected chi connectivity index (χ3v) is 7.00. The van der Waals surface area contributed by atoms with Crippen LogP contribution in [0.1, 0.15) is 12.8 Å². The van der Waals surface area contributed by atoms with Crippen molar-refractivity contribution in [3.63, 3.8) is 0 Å². The molecule has 0 radical (unpaired) electrons. The number of carbonyl (C=O) groups excluding carboxylic acids is 1. The number of piperidine rings is 1. The van der Waals surface area contributed by atoms with Crippen LogP contribution in [0.15, 0.2) is 48.5 Å². The first-order valence-corrected chi connectivity index (χ1v) is 12.7. The normalized spacial score (nSPS) is 15.9. The van der Waals surface area contributed by atoms with Gasteiger partial charge >= 0.3 is 12.1 Å². The van der Waals surface area contributed by atoms with Crippen molar-refractivity contribution in [3.8, 4) is 16.9 Å². The van der Waals surface area contributed by atoms with Crippen molar-refractivity contribution in [2.75, 3.05) is 51.8 Å². The summed E-state index contributed by atoms with van der Waals surface area (Å²) in [5.74, 6) is -0.885. The van der Waals surface area contributed by atoms with Crippen molar-refractivity contribution in [1.82, 2.24) is 9.80 Å². The van der Waals surface area contributed by atoms with E-state index in [1.807, 2.05) is 43.3 Å². The molecule has 11 heteroatoms. The molecule has 0 saturated carbocycles. The van der Waals surface area contributed by atoms with E-state index in [-0.39, 0.29) is 6.61 Å². The van der Waals surface area contributed by atoms with Gasteiger partial charge in [-0.15, -0.1) is 0 Å². The van der Waals surface area contributed by atoms with Crippen molar-refractivity contribution >= 4 is 29.0 Å². The van der Waals surface area contributed by atoms with E-state index < -0.39 is 35.3 Å². The lowest BCUT2D eigenvalue weighted by Gasteiger charge is -2.38. The molecule has 2 N–H and O–H groups in total. The first-order chi connectivity index (χ1) is 17.2. The van der Waals surface area contributed by atoms with E-state index >= 15 is 0 Å². The fourth-order valence-corrected chi connectivity index (χ4v) is 4.99. The molecular formula is C25H33N3O7S.